The third-order valence-electron chi connectivity index (χ3n) is 6.20. The summed E-state index contributed by atoms with van der Waals surface area (Å²) >= 11 is 12.7. The molecule has 7 heteroatoms. The van der Waals surface area contributed by atoms with E-state index >= 15 is 0 Å². The molecule has 1 unspecified atom stereocenters. The van der Waals surface area contributed by atoms with Crippen molar-refractivity contribution in [1.82, 2.24) is 10.2 Å². The standard InChI is InChI=1S/C26H32Cl2N2O3/c1-3-19-12-14-21(15-13-19)33-17-25(31)30(16-22-23(27)10-7-11-24(22)28)18(2)26(32)29-20-8-5-4-6-9-20/h7,10-15,18,20H,3-6,8-9,16-17H2,1-2H3,(H,29,32). The first-order valence-corrected chi connectivity index (χ1v) is 12.4. The van der Waals surface area contributed by atoms with Crippen molar-refractivity contribution in [3.63, 3.8) is 0 Å². The first-order chi connectivity index (χ1) is 15.9. The van der Waals surface area contributed by atoms with Crippen LogP contribution in [-0.4, -0.2) is 35.4 Å². The van der Waals surface area contributed by atoms with E-state index in [0.717, 1.165) is 32.1 Å². The lowest BCUT2D eigenvalue weighted by Gasteiger charge is -2.31. The second-order valence-corrected chi connectivity index (χ2v) is 9.34. The predicted molar refractivity (Wildman–Crippen MR) is 133 cm³/mol. The van der Waals surface area contributed by atoms with E-state index in [2.05, 4.69) is 12.2 Å². The van der Waals surface area contributed by atoms with Crippen molar-refractivity contribution in [2.24, 2.45) is 0 Å². The number of hydrogen-bond donors (Lipinski definition) is 1. The zero-order valence-corrected chi connectivity index (χ0v) is 20.8. The Balaban J connectivity index is 1.74. The quantitative estimate of drug-likeness (QED) is 0.482. The van der Waals surface area contributed by atoms with Crippen molar-refractivity contribution in [2.75, 3.05) is 6.61 Å². The summed E-state index contributed by atoms with van der Waals surface area (Å²) in [5, 5.41) is 4.03. The van der Waals surface area contributed by atoms with Gasteiger partial charge in [-0.25, -0.2) is 0 Å². The maximum Gasteiger partial charge on any atom is 0.261 e. The van der Waals surface area contributed by atoms with Crippen LogP contribution in [0.3, 0.4) is 0 Å². The number of rotatable bonds is 9. The minimum Gasteiger partial charge on any atom is -0.484 e. The monoisotopic (exact) mass is 490 g/mol. The van der Waals surface area contributed by atoms with E-state index in [1.54, 1.807) is 25.1 Å². The van der Waals surface area contributed by atoms with Gasteiger partial charge in [0, 0.05) is 28.2 Å². The van der Waals surface area contributed by atoms with Gasteiger partial charge in [-0.15, -0.1) is 0 Å². The number of carbonyl (C=O) groups is 2. The van der Waals surface area contributed by atoms with Crippen molar-refractivity contribution in [1.29, 1.82) is 0 Å². The first-order valence-electron chi connectivity index (χ1n) is 11.6. The normalized spacial score (nSPS) is 15.0. The van der Waals surface area contributed by atoms with Gasteiger partial charge in [-0.3, -0.25) is 9.59 Å². The number of carbonyl (C=O) groups excluding carboxylic acids is 2. The second-order valence-electron chi connectivity index (χ2n) is 8.53. The van der Waals surface area contributed by atoms with Gasteiger partial charge in [-0.2, -0.15) is 0 Å². The molecule has 2 amide bonds. The largest absolute Gasteiger partial charge is 0.484 e. The molecular formula is C26H32Cl2N2O3. The summed E-state index contributed by atoms with van der Waals surface area (Å²) in [6.07, 6.45) is 6.30. The molecule has 1 saturated carbocycles. The van der Waals surface area contributed by atoms with Crippen molar-refractivity contribution in [3.8, 4) is 5.75 Å². The van der Waals surface area contributed by atoms with E-state index < -0.39 is 6.04 Å². The molecule has 1 fully saturated rings. The number of amides is 2. The maximum absolute atomic E-state index is 13.2. The Morgan fingerprint density at radius 2 is 1.70 bits per heavy atom. The van der Waals surface area contributed by atoms with Crippen LogP contribution < -0.4 is 10.1 Å². The van der Waals surface area contributed by atoms with Crippen molar-refractivity contribution < 1.29 is 14.3 Å². The van der Waals surface area contributed by atoms with Crippen LogP contribution in [0.25, 0.3) is 0 Å². The summed E-state index contributed by atoms with van der Waals surface area (Å²) in [4.78, 5) is 27.8. The Bertz CT molecular complexity index is 923. The van der Waals surface area contributed by atoms with E-state index in [9.17, 15) is 9.59 Å². The lowest BCUT2D eigenvalue weighted by molar-refractivity contribution is -0.142. The third kappa shape index (κ3) is 7.12. The molecule has 0 aliphatic heterocycles. The van der Waals surface area contributed by atoms with Gasteiger partial charge >= 0.3 is 0 Å². The molecule has 33 heavy (non-hydrogen) atoms. The zero-order valence-electron chi connectivity index (χ0n) is 19.3. The van der Waals surface area contributed by atoms with E-state index in [4.69, 9.17) is 27.9 Å². The molecular weight excluding hydrogens is 459 g/mol. The molecule has 1 N–H and O–H groups in total. The van der Waals surface area contributed by atoms with Crippen LogP contribution in [0.15, 0.2) is 42.5 Å². The predicted octanol–water partition coefficient (Wildman–Crippen LogP) is 5.80. The van der Waals surface area contributed by atoms with Crippen LogP contribution in [0.5, 0.6) is 5.75 Å². The fourth-order valence-corrected chi connectivity index (χ4v) is 4.57. The fourth-order valence-electron chi connectivity index (χ4n) is 4.05. The molecule has 0 saturated heterocycles. The number of nitrogens with one attached hydrogen (secondary N) is 1. The molecule has 0 bridgehead atoms. The Labute approximate surface area is 206 Å². The average Bonchev–Trinajstić information content (AvgIpc) is 2.83. The van der Waals surface area contributed by atoms with E-state index in [0.29, 0.717) is 21.4 Å². The van der Waals surface area contributed by atoms with Crippen LogP contribution in [0, 0.1) is 0 Å². The van der Waals surface area contributed by atoms with Crippen LogP contribution in [0.2, 0.25) is 10.0 Å². The van der Waals surface area contributed by atoms with Crippen LogP contribution in [0.1, 0.15) is 57.1 Å². The molecule has 0 heterocycles. The highest BCUT2D eigenvalue weighted by Crippen LogP contribution is 2.27. The molecule has 2 aromatic rings. The molecule has 3 rings (SSSR count). The summed E-state index contributed by atoms with van der Waals surface area (Å²) < 4.78 is 5.74. The molecule has 0 radical (unpaired) electrons. The number of aryl methyl sites for hydroxylation is 1. The lowest BCUT2D eigenvalue weighted by Crippen LogP contribution is -2.51. The number of nitrogens with zero attached hydrogens (tertiary/aromatic N) is 1. The second kappa shape index (κ2) is 12.3. The average molecular weight is 491 g/mol. The minimum absolute atomic E-state index is 0.120. The molecule has 2 aromatic carbocycles. The minimum atomic E-state index is -0.696. The summed E-state index contributed by atoms with van der Waals surface area (Å²) in [6, 6.07) is 12.3. The number of hydrogen-bond acceptors (Lipinski definition) is 3. The summed E-state index contributed by atoms with van der Waals surface area (Å²) in [6.45, 7) is 3.75. The Morgan fingerprint density at radius 1 is 1.06 bits per heavy atom. The van der Waals surface area contributed by atoms with Gasteiger partial charge < -0.3 is 15.0 Å². The molecule has 1 aliphatic carbocycles. The molecule has 1 aliphatic rings. The van der Waals surface area contributed by atoms with E-state index in [-0.39, 0.29) is 31.0 Å². The number of benzene rings is 2. The molecule has 178 valence electrons. The summed E-state index contributed by atoms with van der Waals surface area (Å²) in [5.74, 6) is 0.123. The SMILES string of the molecule is CCc1ccc(OCC(=O)N(Cc2c(Cl)cccc2Cl)C(C)C(=O)NC2CCCCC2)cc1. The first kappa shape index (κ1) is 25.4. The molecule has 5 nitrogen and oxygen atoms in total. The number of halogens is 2. The summed E-state index contributed by atoms with van der Waals surface area (Å²) in [5.41, 5.74) is 1.80. The molecule has 1 atom stereocenters. The number of ether oxygens (including phenoxy) is 1. The highest BCUT2D eigenvalue weighted by molar-refractivity contribution is 6.36. The van der Waals surface area contributed by atoms with Crippen LogP contribution >= 0.6 is 23.2 Å². The smallest absolute Gasteiger partial charge is 0.261 e. The van der Waals surface area contributed by atoms with Gasteiger partial charge in [0.1, 0.15) is 11.8 Å². The molecule has 0 spiro atoms. The highest BCUT2D eigenvalue weighted by Gasteiger charge is 2.29. The maximum atomic E-state index is 13.2. The van der Waals surface area contributed by atoms with Gasteiger partial charge in [0.25, 0.3) is 5.91 Å². The van der Waals surface area contributed by atoms with Gasteiger partial charge in [-0.05, 0) is 56.0 Å². The third-order valence-corrected chi connectivity index (χ3v) is 6.91. The van der Waals surface area contributed by atoms with Gasteiger partial charge in [-0.1, -0.05) is 67.6 Å². The highest BCUT2D eigenvalue weighted by atomic mass is 35.5. The van der Waals surface area contributed by atoms with Gasteiger partial charge in [0.2, 0.25) is 5.91 Å². The van der Waals surface area contributed by atoms with Crippen molar-refractivity contribution >= 4 is 35.0 Å². The van der Waals surface area contributed by atoms with Gasteiger partial charge in [0.05, 0.1) is 0 Å². The molecule has 0 aromatic heterocycles. The van der Waals surface area contributed by atoms with Crippen molar-refractivity contribution in [3.05, 3.63) is 63.6 Å². The van der Waals surface area contributed by atoms with Crippen LogP contribution in [-0.2, 0) is 22.6 Å². The Kier molecular flexibility index (Phi) is 9.45. The fraction of sp³-hybridized carbons (Fsp3) is 0.462. The van der Waals surface area contributed by atoms with Crippen molar-refractivity contribution in [2.45, 2.75) is 71.0 Å². The lowest BCUT2D eigenvalue weighted by atomic mass is 9.95. The summed E-state index contributed by atoms with van der Waals surface area (Å²) in [7, 11) is 0. The zero-order chi connectivity index (χ0) is 23.8. The van der Waals surface area contributed by atoms with Crippen LogP contribution in [0.4, 0.5) is 0 Å². The van der Waals surface area contributed by atoms with E-state index in [1.807, 2.05) is 24.3 Å². The topological polar surface area (TPSA) is 58.6 Å². The Morgan fingerprint density at radius 3 is 2.30 bits per heavy atom. The van der Waals surface area contributed by atoms with Gasteiger partial charge in [0.15, 0.2) is 6.61 Å². The van der Waals surface area contributed by atoms with E-state index in [1.165, 1.54) is 16.9 Å². The Hall–Kier alpha value is -2.24.